The van der Waals surface area contributed by atoms with Crippen molar-refractivity contribution in [1.82, 2.24) is 0 Å². The molecule has 1 aromatic carbocycles. The number of halogens is 5. The first kappa shape index (κ1) is 13.8. The molecular weight excluding hydrogens is 288 g/mol. The summed E-state index contributed by atoms with van der Waals surface area (Å²) < 4.78 is 51.1. The molecule has 8 heteroatoms. The van der Waals surface area contributed by atoms with Crippen LogP contribution >= 0.6 is 11.6 Å². The number of carbonyl (C=O) groups is 1. The summed E-state index contributed by atoms with van der Waals surface area (Å²) in [5.41, 5.74) is -1.30. The first-order valence-electron chi connectivity index (χ1n) is 5.16. The maximum absolute atomic E-state index is 13.2. The van der Waals surface area contributed by atoms with Gasteiger partial charge in [-0.2, -0.15) is 23.3 Å². The standard InChI is InChI=1S/C11H7ClF4N2O/c1-5-9(11(14,15)16)17-18(10(5)19)6-2-3-7(12)8(13)4-6/h2-5H,1H3. The molecule has 0 radical (unpaired) electrons. The lowest BCUT2D eigenvalue weighted by Crippen LogP contribution is -2.31. The molecule has 3 nitrogen and oxygen atoms in total. The fraction of sp³-hybridized carbons (Fsp3) is 0.273. The fourth-order valence-electron chi connectivity index (χ4n) is 1.65. The number of benzene rings is 1. The van der Waals surface area contributed by atoms with E-state index in [4.69, 9.17) is 11.6 Å². The van der Waals surface area contributed by atoms with E-state index in [9.17, 15) is 22.4 Å². The summed E-state index contributed by atoms with van der Waals surface area (Å²) in [6, 6.07) is 3.22. The Balaban J connectivity index is 2.43. The van der Waals surface area contributed by atoms with Gasteiger partial charge in [0.25, 0.3) is 5.91 Å². The Kier molecular flexibility index (Phi) is 3.25. The zero-order valence-corrected chi connectivity index (χ0v) is 10.3. The van der Waals surface area contributed by atoms with Crippen LogP contribution < -0.4 is 5.01 Å². The van der Waals surface area contributed by atoms with E-state index in [1.807, 2.05) is 0 Å². The van der Waals surface area contributed by atoms with Crippen molar-refractivity contribution in [2.75, 3.05) is 5.01 Å². The van der Waals surface area contributed by atoms with Gasteiger partial charge in [0.05, 0.1) is 16.6 Å². The van der Waals surface area contributed by atoms with Crippen molar-refractivity contribution in [1.29, 1.82) is 0 Å². The first-order chi connectivity index (χ1) is 8.71. The lowest BCUT2D eigenvalue weighted by Gasteiger charge is -2.12. The van der Waals surface area contributed by atoms with E-state index in [2.05, 4.69) is 5.10 Å². The van der Waals surface area contributed by atoms with Crippen LogP contribution in [0.1, 0.15) is 6.92 Å². The van der Waals surface area contributed by atoms with Crippen molar-refractivity contribution in [2.24, 2.45) is 11.0 Å². The van der Waals surface area contributed by atoms with Crippen LogP contribution in [0.3, 0.4) is 0 Å². The summed E-state index contributed by atoms with van der Waals surface area (Å²) in [6.45, 7) is 1.10. The molecule has 2 rings (SSSR count). The highest BCUT2D eigenvalue weighted by atomic mass is 35.5. The van der Waals surface area contributed by atoms with E-state index in [1.54, 1.807) is 0 Å². The molecule has 1 unspecified atom stereocenters. The predicted octanol–water partition coefficient (Wildman–Crippen LogP) is 3.38. The molecule has 1 aromatic rings. The van der Waals surface area contributed by atoms with Crippen LogP contribution in [-0.2, 0) is 4.79 Å². The number of anilines is 1. The molecule has 1 aliphatic rings. The van der Waals surface area contributed by atoms with Crippen molar-refractivity contribution in [3.05, 3.63) is 29.0 Å². The lowest BCUT2D eigenvalue weighted by molar-refractivity contribution is -0.120. The van der Waals surface area contributed by atoms with Crippen molar-refractivity contribution in [2.45, 2.75) is 13.1 Å². The topological polar surface area (TPSA) is 32.7 Å². The van der Waals surface area contributed by atoms with Gasteiger partial charge in [-0.1, -0.05) is 11.6 Å². The summed E-state index contributed by atoms with van der Waals surface area (Å²) >= 11 is 5.46. The van der Waals surface area contributed by atoms with Gasteiger partial charge in [0.15, 0.2) is 5.71 Å². The average molecular weight is 295 g/mol. The van der Waals surface area contributed by atoms with E-state index >= 15 is 0 Å². The smallest absolute Gasteiger partial charge is 0.272 e. The van der Waals surface area contributed by atoms with E-state index in [0.717, 1.165) is 19.1 Å². The van der Waals surface area contributed by atoms with Gasteiger partial charge in [0, 0.05) is 6.07 Å². The van der Waals surface area contributed by atoms with Crippen LogP contribution in [0.25, 0.3) is 0 Å². The maximum atomic E-state index is 13.2. The minimum Gasteiger partial charge on any atom is -0.272 e. The number of rotatable bonds is 1. The van der Waals surface area contributed by atoms with Gasteiger partial charge in [-0.25, -0.2) is 4.39 Å². The van der Waals surface area contributed by atoms with Crippen molar-refractivity contribution in [3.8, 4) is 0 Å². The number of nitrogens with zero attached hydrogens (tertiary/aromatic N) is 2. The third-order valence-corrected chi connectivity index (χ3v) is 2.94. The molecule has 1 heterocycles. The second-order valence-electron chi connectivity index (χ2n) is 3.95. The zero-order chi connectivity index (χ0) is 14.4. The Morgan fingerprint density at radius 2 is 2.00 bits per heavy atom. The summed E-state index contributed by atoms with van der Waals surface area (Å²) in [5, 5.41) is 3.57. The third-order valence-electron chi connectivity index (χ3n) is 2.64. The van der Waals surface area contributed by atoms with Gasteiger partial charge in [0.1, 0.15) is 5.82 Å². The van der Waals surface area contributed by atoms with Gasteiger partial charge in [-0.15, -0.1) is 0 Å². The SMILES string of the molecule is CC1C(=O)N(c2ccc(Cl)c(F)c2)N=C1C(F)(F)F. The van der Waals surface area contributed by atoms with E-state index in [-0.39, 0.29) is 10.7 Å². The fourth-order valence-corrected chi connectivity index (χ4v) is 1.77. The predicted molar refractivity (Wildman–Crippen MR) is 61.6 cm³/mol. The Morgan fingerprint density at radius 1 is 1.37 bits per heavy atom. The Bertz CT molecular complexity index is 570. The van der Waals surface area contributed by atoms with Crippen LogP contribution in [-0.4, -0.2) is 17.8 Å². The minimum atomic E-state index is -4.70. The summed E-state index contributed by atoms with van der Waals surface area (Å²) in [5.74, 6) is -3.12. The Labute approximate surface area is 110 Å². The molecule has 1 atom stereocenters. The molecule has 0 fully saturated rings. The quantitative estimate of drug-likeness (QED) is 0.731. The second-order valence-corrected chi connectivity index (χ2v) is 4.36. The molecule has 102 valence electrons. The van der Waals surface area contributed by atoms with Gasteiger partial charge < -0.3 is 0 Å². The number of amides is 1. The van der Waals surface area contributed by atoms with Crippen LogP contribution in [0, 0.1) is 11.7 Å². The summed E-state index contributed by atoms with van der Waals surface area (Å²) in [6.07, 6.45) is -4.70. The zero-order valence-electron chi connectivity index (χ0n) is 9.50. The normalized spacial score (nSPS) is 19.9. The lowest BCUT2D eigenvalue weighted by atomic mass is 10.1. The van der Waals surface area contributed by atoms with E-state index in [0.29, 0.717) is 5.01 Å². The number of carbonyl (C=O) groups excluding carboxylic acids is 1. The van der Waals surface area contributed by atoms with Crippen LogP contribution in [0.4, 0.5) is 23.2 Å². The van der Waals surface area contributed by atoms with Crippen LogP contribution in [0.15, 0.2) is 23.3 Å². The van der Waals surface area contributed by atoms with E-state index in [1.165, 1.54) is 6.07 Å². The van der Waals surface area contributed by atoms with E-state index < -0.39 is 29.5 Å². The van der Waals surface area contributed by atoms with Crippen molar-refractivity contribution in [3.63, 3.8) is 0 Å². The highest BCUT2D eigenvalue weighted by Gasteiger charge is 2.48. The average Bonchev–Trinajstić information content (AvgIpc) is 2.60. The van der Waals surface area contributed by atoms with Gasteiger partial charge in [-0.3, -0.25) is 4.79 Å². The largest absolute Gasteiger partial charge is 0.432 e. The Hall–Kier alpha value is -1.63. The molecule has 0 saturated heterocycles. The minimum absolute atomic E-state index is 0.0991. The molecule has 1 aliphatic heterocycles. The van der Waals surface area contributed by atoms with Crippen LogP contribution in [0.5, 0.6) is 0 Å². The third kappa shape index (κ3) is 2.42. The molecule has 0 aliphatic carbocycles. The molecule has 19 heavy (non-hydrogen) atoms. The summed E-state index contributed by atoms with van der Waals surface area (Å²) in [4.78, 5) is 11.7. The van der Waals surface area contributed by atoms with Gasteiger partial charge >= 0.3 is 6.18 Å². The van der Waals surface area contributed by atoms with Crippen LogP contribution in [0.2, 0.25) is 5.02 Å². The first-order valence-corrected chi connectivity index (χ1v) is 5.54. The molecule has 0 spiro atoms. The highest BCUT2D eigenvalue weighted by Crippen LogP contribution is 2.32. The van der Waals surface area contributed by atoms with Crippen molar-refractivity contribution < 1.29 is 22.4 Å². The maximum Gasteiger partial charge on any atom is 0.432 e. The van der Waals surface area contributed by atoms with Crippen molar-refractivity contribution >= 4 is 28.9 Å². The number of hydrogen-bond donors (Lipinski definition) is 0. The summed E-state index contributed by atoms with van der Waals surface area (Å²) in [7, 11) is 0. The van der Waals surface area contributed by atoms with Gasteiger partial charge in [0.2, 0.25) is 0 Å². The molecule has 0 saturated carbocycles. The molecule has 0 bridgehead atoms. The molecule has 0 N–H and O–H groups in total. The number of hydrazone groups is 1. The monoisotopic (exact) mass is 294 g/mol. The Morgan fingerprint density at radius 3 is 2.47 bits per heavy atom. The molecular formula is C11H7ClF4N2O. The number of alkyl halides is 3. The number of hydrogen-bond acceptors (Lipinski definition) is 2. The van der Waals surface area contributed by atoms with Gasteiger partial charge in [-0.05, 0) is 19.1 Å². The molecule has 0 aromatic heterocycles. The molecule has 1 amide bonds. The second kappa shape index (κ2) is 4.48. The highest BCUT2D eigenvalue weighted by molar-refractivity contribution is 6.30.